The van der Waals surface area contributed by atoms with Crippen LogP contribution in [-0.4, -0.2) is 23.9 Å². The smallest absolute Gasteiger partial charge is 0.242 e. The Kier molecular flexibility index (Phi) is 3.99. The minimum atomic E-state index is -0.476. The van der Waals surface area contributed by atoms with Gasteiger partial charge in [0, 0.05) is 17.9 Å². The van der Waals surface area contributed by atoms with Crippen molar-refractivity contribution in [1.29, 1.82) is 0 Å². The summed E-state index contributed by atoms with van der Waals surface area (Å²) in [6.45, 7) is 1.74. The van der Waals surface area contributed by atoms with E-state index in [0.717, 1.165) is 25.0 Å². The molecule has 2 aliphatic carbocycles. The van der Waals surface area contributed by atoms with Gasteiger partial charge < -0.3 is 15.1 Å². The molecule has 2 fully saturated rings. The minimum Gasteiger partial charge on any atom is -0.469 e. The van der Waals surface area contributed by atoms with E-state index in [9.17, 15) is 9.59 Å². The first-order valence-corrected chi connectivity index (χ1v) is 7.79. The summed E-state index contributed by atoms with van der Waals surface area (Å²) < 4.78 is 5.32. The van der Waals surface area contributed by atoms with Crippen LogP contribution in [0.3, 0.4) is 0 Å². The van der Waals surface area contributed by atoms with Crippen LogP contribution in [0.1, 0.15) is 50.7 Å². The highest BCUT2D eigenvalue weighted by molar-refractivity contribution is 5.89. The van der Waals surface area contributed by atoms with E-state index in [1.807, 2.05) is 12.1 Å². The normalized spacial score (nSPS) is 26.3. The molecule has 0 radical (unpaired) electrons. The lowest BCUT2D eigenvalue weighted by Crippen LogP contribution is -2.48. The molecular weight excluding hydrogens is 268 g/mol. The molecule has 0 spiro atoms. The van der Waals surface area contributed by atoms with Gasteiger partial charge in [-0.1, -0.05) is 12.8 Å². The molecule has 1 aromatic heterocycles. The Morgan fingerprint density at radius 2 is 2.10 bits per heavy atom. The lowest BCUT2D eigenvalue weighted by atomic mass is 10.2. The number of hydrogen-bond donors (Lipinski definition) is 2. The van der Waals surface area contributed by atoms with Gasteiger partial charge in [0.15, 0.2) is 0 Å². The number of carbonyl (C=O) groups excluding carboxylic acids is 2. The molecule has 5 nitrogen and oxygen atoms in total. The van der Waals surface area contributed by atoms with E-state index < -0.39 is 6.04 Å². The monoisotopic (exact) mass is 290 g/mol. The third-order valence-corrected chi connectivity index (χ3v) is 4.49. The number of rotatable bonds is 5. The van der Waals surface area contributed by atoms with Crippen molar-refractivity contribution in [3.8, 4) is 0 Å². The summed E-state index contributed by atoms with van der Waals surface area (Å²) in [4.78, 5) is 24.2. The first-order chi connectivity index (χ1) is 10.1. The Balaban J connectivity index is 1.45. The highest BCUT2D eigenvalue weighted by Crippen LogP contribution is 2.47. The van der Waals surface area contributed by atoms with Gasteiger partial charge in [0.25, 0.3) is 0 Å². The largest absolute Gasteiger partial charge is 0.469 e. The Bertz CT molecular complexity index is 506. The maximum Gasteiger partial charge on any atom is 0.242 e. The molecule has 1 aromatic rings. The van der Waals surface area contributed by atoms with Crippen molar-refractivity contribution < 1.29 is 14.0 Å². The summed E-state index contributed by atoms with van der Waals surface area (Å²) >= 11 is 0. The van der Waals surface area contributed by atoms with Crippen LogP contribution in [0, 0.1) is 5.92 Å². The lowest BCUT2D eigenvalue weighted by Gasteiger charge is -2.17. The molecule has 5 heteroatoms. The third kappa shape index (κ3) is 3.28. The summed E-state index contributed by atoms with van der Waals surface area (Å²) in [6.07, 6.45) is 6.89. The number of furan rings is 1. The van der Waals surface area contributed by atoms with E-state index in [2.05, 4.69) is 10.6 Å². The zero-order valence-corrected chi connectivity index (χ0v) is 12.3. The molecule has 0 bridgehead atoms. The van der Waals surface area contributed by atoms with Gasteiger partial charge in [-0.3, -0.25) is 9.59 Å². The van der Waals surface area contributed by atoms with Crippen LogP contribution in [0.2, 0.25) is 0 Å². The van der Waals surface area contributed by atoms with E-state index in [1.165, 1.54) is 12.8 Å². The van der Waals surface area contributed by atoms with Crippen LogP contribution >= 0.6 is 0 Å². The van der Waals surface area contributed by atoms with Crippen molar-refractivity contribution in [2.45, 2.75) is 57.0 Å². The zero-order valence-electron chi connectivity index (χ0n) is 12.3. The Morgan fingerprint density at radius 1 is 1.33 bits per heavy atom. The van der Waals surface area contributed by atoms with Gasteiger partial charge in [-0.15, -0.1) is 0 Å². The molecule has 114 valence electrons. The first-order valence-electron chi connectivity index (χ1n) is 7.79. The topological polar surface area (TPSA) is 71.3 Å². The fraction of sp³-hybridized carbons (Fsp3) is 0.625. The second-order valence-electron chi connectivity index (χ2n) is 6.18. The van der Waals surface area contributed by atoms with Gasteiger partial charge in [-0.05, 0) is 38.3 Å². The van der Waals surface area contributed by atoms with E-state index >= 15 is 0 Å². The number of amides is 2. The quantitative estimate of drug-likeness (QED) is 0.870. The van der Waals surface area contributed by atoms with Gasteiger partial charge in [0.2, 0.25) is 11.8 Å². The zero-order chi connectivity index (χ0) is 14.8. The number of carbonyl (C=O) groups is 2. The molecule has 2 aliphatic rings. The van der Waals surface area contributed by atoms with Crippen molar-refractivity contribution in [3.05, 3.63) is 24.2 Å². The van der Waals surface area contributed by atoms with Gasteiger partial charge in [0.05, 0.1) is 6.26 Å². The molecule has 0 aromatic carbocycles. The fourth-order valence-electron chi connectivity index (χ4n) is 3.08. The van der Waals surface area contributed by atoms with Crippen molar-refractivity contribution in [1.82, 2.24) is 10.6 Å². The van der Waals surface area contributed by atoms with Crippen molar-refractivity contribution in [3.63, 3.8) is 0 Å². The maximum absolute atomic E-state index is 12.1. The summed E-state index contributed by atoms with van der Waals surface area (Å²) in [5.41, 5.74) is 0. The Labute approximate surface area is 124 Å². The Morgan fingerprint density at radius 3 is 2.76 bits per heavy atom. The van der Waals surface area contributed by atoms with E-state index in [4.69, 9.17) is 4.42 Å². The molecule has 3 rings (SSSR count). The molecule has 2 saturated carbocycles. The summed E-state index contributed by atoms with van der Waals surface area (Å²) in [5.74, 6) is 0.845. The first kappa shape index (κ1) is 14.2. The van der Waals surface area contributed by atoms with Crippen LogP contribution < -0.4 is 10.6 Å². The summed E-state index contributed by atoms with van der Waals surface area (Å²) in [7, 11) is 0. The van der Waals surface area contributed by atoms with Crippen LogP contribution in [0.15, 0.2) is 22.8 Å². The second kappa shape index (κ2) is 5.92. The second-order valence-corrected chi connectivity index (χ2v) is 6.18. The van der Waals surface area contributed by atoms with E-state index in [1.54, 1.807) is 13.2 Å². The Hall–Kier alpha value is -1.78. The molecule has 2 amide bonds. The average Bonchev–Trinajstić information content (AvgIpc) is 2.89. The van der Waals surface area contributed by atoms with Crippen molar-refractivity contribution >= 4 is 11.8 Å². The van der Waals surface area contributed by atoms with Crippen LogP contribution in [-0.2, 0) is 9.59 Å². The maximum atomic E-state index is 12.1. The van der Waals surface area contributed by atoms with Crippen LogP contribution in [0.5, 0.6) is 0 Å². The van der Waals surface area contributed by atoms with E-state index in [-0.39, 0.29) is 29.7 Å². The molecule has 0 aliphatic heterocycles. The number of hydrogen-bond acceptors (Lipinski definition) is 3. The predicted octanol–water partition coefficient (Wildman–Crippen LogP) is 1.95. The fourth-order valence-corrected chi connectivity index (χ4v) is 3.08. The highest BCUT2D eigenvalue weighted by Gasteiger charge is 2.46. The van der Waals surface area contributed by atoms with Crippen molar-refractivity contribution in [2.24, 2.45) is 5.92 Å². The molecule has 1 heterocycles. The predicted molar refractivity (Wildman–Crippen MR) is 77.6 cm³/mol. The van der Waals surface area contributed by atoms with E-state index in [0.29, 0.717) is 0 Å². The highest BCUT2D eigenvalue weighted by atomic mass is 16.3. The average molecular weight is 290 g/mol. The van der Waals surface area contributed by atoms with Gasteiger partial charge >= 0.3 is 0 Å². The van der Waals surface area contributed by atoms with Crippen LogP contribution in [0.25, 0.3) is 0 Å². The molecule has 3 atom stereocenters. The molecule has 2 N–H and O–H groups in total. The van der Waals surface area contributed by atoms with Crippen molar-refractivity contribution in [2.75, 3.05) is 0 Å². The summed E-state index contributed by atoms with van der Waals surface area (Å²) in [6, 6.07) is 3.54. The van der Waals surface area contributed by atoms with Gasteiger partial charge in [0.1, 0.15) is 11.8 Å². The summed E-state index contributed by atoms with van der Waals surface area (Å²) in [5, 5.41) is 5.82. The van der Waals surface area contributed by atoms with Gasteiger partial charge in [-0.2, -0.15) is 0 Å². The number of nitrogens with one attached hydrogen (secondary N) is 2. The van der Waals surface area contributed by atoms with Crippen LogP contribution in [0.4, 0.5) is 0 Å². The molecular formula is C16H22N2O3. The third-order valence-electron chi connectivity index (χ3n) is 4.49. The molecule has 0 saturated heterocycles. The standard InChI is InChI=1S/C16H22N2O3/c1-10(15(19)18-11-5-2-3-6-11)17-16(20)13-9-12(13)14-7-4-8-21-14/h4,7-8,10-13H,2-3,5-6,9H2,1H3,(H,17,20)(H,18,19)/t10-,12-,13+/m0/s1. The molecule has 21 heavy (non-hydrogen) atoms. The minimum absolute atomic E-state index is 0.0505. The molecule has 0 unspecified atom stereocenters. The lowest BCUT2D eigenvalue weighted by molar-refractivity contribution is -0.129. The van der Waals surface area contributed by atoms with Gasteiger partial charge in [-0.25, -0.2) is 0 Å². The SMILES string of the molecule is C[C@H](NC(=O)[C@@H]1C[C@@H]1c1ccco1)C(=O)NC1CCCC1.